The summed E-state index contributed by atoms with van der Waals surface area (Å²) < 4.78 is 16.7. The molecule has 7 heteroatoms. The smallest absolute Gasteiger partial charge is 0.137 e. The van der Waals surface area contributed by atoms with Gasteiger partial charge in [-0.3, -0.25) is 4.68 Å². The maximum atomic E-state index is 15.0. The van der Waals surface area contributed by atoms with Crippen LogP contribution in [0.15, 0.2) is 42.8 Å². The van der Waals surface area contributed by atoms with Gasteiger partial charge in [0.1, 0.15) is 25.2 Å². The van der Waals surface area contributed by atoms with Crippen molar-refractivity contribution < 1.29 is 4.39 Å². The molecule has 2 N–H and O–H groups in total. The molecule has 26 heavy (non-hydrogen) atoms. The first-order valence-electron chi connectivity index (χ1n) is 8.73. The van der Waals surface area contributed by atoms with E-state index in [0.29, 0.717) is 6.54 Å². The molecule has 2 aromatic heterocycles. The van der Waals surface area contributed by atoms with E-state index in [1.54, 1.807) is 17.1 Å². The zero-order valence-corrected chi connectivity index (χ0v) is 15.6. The maximum absolute atomic E-state index is 15.0. The molecule has 0 radical (unpaired) electrons. The topological polar surface area (TPSA) is 82.5 Å². The van der Waals surface area contributed by atoms with Crippen LogP contribution in [0.3, 0.4) is 0 Å². The van der Waals surface area contributed by atoms with E-state index >= 15 is 0 Å². The van der Waals surface area contributed by atoms with E-state index in [2.05, 4.69) is 20.1 Å². The second-order valence-electron chi connectivity index (χ2n) is 7.14. The van der Waals surface area contributed by atoms with E-state index in [-0.39, 0.29) is 5.92 Å². The highest BCUT2D eigenvalue weighted by atomic mass is 19.1. The third-order valence-electron chi connectivity index (χ3n) is 5.45. The number of nitrogens with zero attached hydrogens (tertiary/aromatic N) is 5. The Labute approximate surface area is 153 Å². The fraction of sp³-hybridized carbons (Fsp3) is 0.474. The minimum Gasteiger partial charge on any atom is -0.322 e. The van der Waals surface area contributed by atoms with Gasteiger partial charge >= 0.3 is 0 Å². The van der Waals surface area contributed by atoms with Crippen LogP contribution in [0.4, 0.5) is 4.39 Å². The van der Waals surface area contributed by atoms with E-state index in [9.17, 15) is 4.39 Å². The second kappa shape index (κ2) is 7.07. The molecule has 2 heterocycles. The lowest BCUT2D eigenvalue weighted by molar-refractivity contribution is 0.156. The van der Waals surface area contributed by atoms with Crippen molar-refractivity contribution in [1.82, 2.24) is 24.7 Å². The number of alkyl halides is 1. The van der Waals surface area contributed by atoms with Crippen molar-refractivity contribution in [3.8, 4) is 0 Å². The second-order valence-corrected chi connectivity index (χ2v) is 7.14. The number of aryl methyl sites for hydroxylation is 1. The van der Waals surface area contributed by atoms with E-state index in [4.69, 9.17) is 5.73 Å². The molecule has 3 rings (SSSR count). The Bertz CT molecular complexity index is 829. The number of aromatic nitrogens is 5. The number of allylic oxidation sites excluding steroid dienone is 3. The van der Waals surface area contributed by atoms with E-state index < -0.39 is 17.6 Å². The molecule has 0 aromatic carbocycles. The quantitative estimate of drug-likeness (QED) is 0.890. The molecule has 0 bridgehead atoms. The lowest BCUT2D eigenvalue weighted by Crippen LogP contribution is -2.57. The summed E-state index contributed by atoms with van der Waals surface area (Å²) >= 11 is 0. The number of nitrogens with two attached hydrogens (primary N) is 1. The molecular formula is C19H25FN6. The molecule has 0 amide bonds. The van der Waals surface area contributed by atoms with Crippen molar-refractivity contribution in [2.45, 2.75) is 51.9 Å². The predicted molar refractivity (Wildman–Crippen MR) is 98.1 cm³/mol. The molecule has 4 atom stereocenters. The van der Waals surface area contributed by atoms with Crippen molar-refractivity contribution in [1.29, 1.82) is 0 Å². The predicted octanol–water partition coefficient (Wildman–Crippen LogP) is 2.66. The maximum Gasteiger partial charge on any atom is 0.137 e. The molecule has 0 spiro atoms. The molecule has 1 aliphatic rings. The van der Waals surface area contributed by atoms with Gasteiger partial charge in [-0.05, 0) is 32.4 Å². The average molecular weight is 356 g/mol. The number of halogens is 1. The Morgan fingerprint density at radius 2 is 2.04 bits per heavy atom. The molecule has 3 unspecified atom stereocenters. The Morgan fingerprint density at radius 3 is 2.69 bits per heavy atom. The minimum absolute atomic E-state index is 0.215. The zero-order chi connectivity index (χ0) is 18.9. The summed E-state index contributed by atoms with van der Waals surface area (Å²) in [5.41, 5.74) is 9.61. The Hall–Kier alpha value is -2.41. The van der Waals surface area contributed by atoms with Crippen molar-refractivity contribution in [3.63, 3.8) is 0 Å². The Morgan fingerprint density at radius 1 is 1.27 bits per heavy atom. The van der Waals surface area contributed by atoms with Crippen LogP contribution in [0.2, 0.25) is 0 Å². The van der Waals surface area contributed by atoms with Gasteiger partial charge in [0.2, 0.25) is 0 Å². The fourth-order valence-electron chi connectivity index (χ4n) is 3.62. The zero-order valence-electron chi connectivity index (χ0n) is 15.6. The molecule has 1 aliphatic carbocycles. The summed E-state index contributed by atoms with van der Waals surface area (Å²) in [4.78, 5) is 12.7. The monoisotopic (exact) mass is 356 g/mol. The molecule has 6 nitrogen and oxygen atoms in total. The van der Waals surface area contributed by atoms with Crippen molar-refractivity contribution in [3.05, 3.63) is 59.7 Å². The summed E-state index contributed by atoms with van der Waals surface area (Å²) in [6.07, 6.45) is 8.85. The largest absolute Gasteiger partial charge is 0.322 e. The molecule has 138 valence electrons. The first kappa shape index (κ1) is 18.4. The summed E-state index contributed by atoms with van der Waals surface area (Å²) in [6.45, 7) is 8.13. The minimum atomic E-state index is -1.17. The summed E-state index contributed by atoms with van der Waals surface area (Å²) in [6, 6.07) is 0. The molecule has 0 aliphatic heterocycles. The van der Waals surface area contributed by atoms with Crippen LogP contribution >= 0.6 is 0 Å². The van der Waals surface area contributed by atoms with E-state index in [1.807, 2.05) is 39.8 Å². The number of hydrogen-bond acceptors (Lipinski definition) is 5. The lowest BCUT2D eigenvalue weighted by atomic mass is 9.69. The summed E-state index contributed by atoms with van der Waals surface area (Å²) in [7, 11) is 0. The highest BCUT2D eigenvalue weighted by Crippen LogP contribution is 2.39. The van der Waals surface area contributed by atoms with Crippen LogP contribution in [0, 0.1) is 19.8 Å². The lowest BCUT2D eigenvalue weighted by Gasteiger charge is -2.42. The van der Waals surface area contributed by atoms with Gasteiger partial charge in [0, 0.05) is 17.5 Å². The van der Waals surface area contributed by atoms with Gasteiger partial charge in [-0.2, -0.15) is 5.10 Å². The molecule has 2 aromatic rings. The van der Waals surface area contributed by atoms with Gasteiger partial charge in [-0.15, -0.1) is 0 Å². The number of hydrogen-bond donors (Lipinski definition) is 1. The highest BCUT2D eigenvalue weighted by molar-refractivity contribution is 5.32. The highest BCUT2D eigenvalue weighted by Gasteiger charge is 2.45. The summed E-state index contributed by atoms with van der Waals surface area (Å²) in [5, 5.41) is 4.18. The van der Waals surface area contributed by atoms with Crippen LogP contribution in [0.25, 0.3) is 0 Å². The van der Waals surface area contributed by atoms with Crippen LogP contribution in [-0.2, 0) is 6.54 Å². The molecule has 0 saturated heterocycles. The van der Waals surface area contributed by atoms with Gasteiger partial charge in [-0.25, -0.2) is 19.3 Å². The Balaban J connectivity index is 2.05. The Kier molecular flexibility index (Phi) is 5.00. The third-order valence-corrected chi connectivity index (χ3v) is 5.45. The third kappa shape index (κ3) is 3.31. The van der Waals surface area contributed by atoms with Crippen molar-refractivity contribution in [2.24, 2.45) is 11.7 Å². The normalized spacial score (nSPS) is 23.4. The summed E-state index contributed by atoms with van der Waals surface area (Å²) in [5.74, 6) is -0.715. The van der Waals surface area contributed by atoms with Gasteiger partial charge in [-0.1, -0.05) is 24.6 Å². The first-order chi connectivity index (χ1) is 12.3. The van der Waals surface area contributed by atoms with Crippen LogP contribution in [0.5, 0.6) is 0 Å². The van der Waals surface area contributed by atoms with Crippen molar-refractivity contribution >= 4 is 0 Å². The van der Waals surface area contributed by atoms with Crippen molar-refractivity contribution in [2.75, 3.05) is 0 Å². The first-order valence-corrected chi connectivity index (χ1v) is 8.73. The standard InChI is InChI=1S/C19H25FN6/c1-12-5-6-16(17(20)7-12)19(21,8-26-11-22-9-25-26)14(3)18-13(2)15(4)23-10-24-18/h5-7,9-11,14,16-17H,8,21H2,1-4H3/t14?,16?,17-,19?/m0/s1. The van der Waals surface area contributed by atoms with Gasteiger partial charge in [0.15, 0.2) is 0 Å². The van der Waals surface area contributed by atoms with Crippen LogP contribution in [-0.4, -0.2) is 36.4 Å². The molecular weight excluding hydrogens is 331 g/mol. The van der Waals surface area contributed by atoms with Crippen LogP contribution in [0.1, 0.15) is 36.7 Å². The molecule has 0 saturated carbocycles. The average Bonchev–Trinajstić information content (AvgIpc) is 3.09. The molecule has 0 fully saturated rings. The SMILES string of the molecule is CC1=C[C@H](F)C(C(N)(Cn2cncn2)C(C)c2ncnc(C)c2C)C=C1. The fourth-order valence-corrected chi connectivity index (χ4v) is 3.62. The van der Waals surface area contributed by atoms with Crippen LogP contribution < -0.4 is 5.73 Å². The van der Waals surface area contributed by atoms with E-state index in [1.165, 1.54) is 12.7 Å². The number of rotatable bonds is 5. The van der Waals surface area contributed by atoms with Gasteiger partial charge in [0.25, 0.3) is 0 Å². The van der Waals surface area contributed by atoms with Gasteiger partial charge in [0.05, 0.1) is 17.8 Å². The van der Waals surface area contributed by atoms with Gasteiger partial charge < -0.3 is 5.73 Å². The van der Waals surface area contributed by atoms with E-state index in [0.717, 1.165) is 22.5 Å².